The van der Waals surface area contributed by atoms with Crippen LogP contribution in [0.25, 0.3) is 16.6 Å². The topological polar surface area (TPSA) is 49.6 Å². The average molecular weight is 405 g/mol. The molecular formula is C23H24N4OS. The zero-order valence-electron chi connectivity index (χ0n) is 16.3. The van der Waals surface area contributed by atoms with Gasteiger partial charge in [0.2, 0.25) is 5.91 Å². The molecule has 1 N–H and O–H groups in total. The first-order valence-corrected chi connectivity index (χ1v) is 11.1. The number of fused-ring (bicyclic) bond motifs is 3. The van der Waals surface area contributed by atoms with E-state index in [4.69, 9.17) is 4.98 Å². The number of aromatic nitrogens is 2. The minimum Gasteiger partial charge on any atom is -0.355 e. The number of benzene rings is 1. The fraction of sp³-hybridized carbons (Fsp3) is 0.304. The van der Waals surface area contributed by atoms with Gasteiger partial charge in [0.25, 0.3) is 0 Å². The largest absolute Gasteiger partial charge is 0.355 e. The summed E-state index contributed by atoms with van der Waals surface area (Å²) in [4.78, 5) is 21.2. The Kier molecular flexibility index (Phi) is 4.94. The summed E-state index contributed by atoms with van der Waals surface area (Å²) >= 11 is 1.74. The second-order valence-corrected chi connectivity index (χ2v) is 8.60. The predicted molar refractivity (Wildman–Crippen MR) is 119 cm³/mol. The van der Waals surface area contributed by atoms with Gasteiger partial charge in [0.1, 0.15) is 0 Å². The van der Waals surface area contributed by atoms with E-state index in [9.17, 15) is 4.79 Å². The molecule has 0 atom stereocenters. The number of hydrogen-bond donors (Lipinski definition) is 1. The summed E-state index contributed by atoms with van der Waals surface area (Å²) in [5.74, 6) is 1.31. The summed E-state index contributed by atoms with van der Waals surface area (Å²) in [6, 6.07) is 16.6. The van der Waals surface area contributed by atoms with Crippen molar-refractivity contribution in [3.63, 3.8) is 0 Å². The molecule has 0 bridgehead atoms. The minimum atomic E-state index is 0.0952. The van der Waals surface area contributed by atoms with E-state index in [-0.39, 0.29) is 11.8 Å². The van der Waals surface area contributed by atoms with Crippen LogP contribution in [0.15, 0.2) is 60.1 Å². The molecule has 1 amide bonds. The Labute approximate surface area is 174 Å². The Morgan fingerprint density at radius 1 is 1.07 bits per heavy atom. The van der Waals surface area contributed by atoms with E-state index >= 15 is 0 Å². The van der Waals surface area contributed by atoms with Gasteiger partial charge in [0, 0.05) is 36.6 Å². The van der Waals surface area contributed by atoms with Crippen LogP contribution in [0.1, 0.15) is 17.7 Å². The first kappa shape index (κ1) is 18.2. The maximum absolute atomic E-state index is 12.6. The lowest BCUT2D eigenvalue weighted by atomic mass is 9.96. The van der Waals surface area contributed by atoms with Crippen molar-refractivity contribution < 1.29 is 4.79 Å². The van der Waals surface area contributed by atoms with Gasteiger partial charge in [0.05, 0.1) is 16.6 Å². The maximum atomic E-state index is 12.6. The Hall–Kier alpha value is -2.86. The lowest BCUT2D eigenvalue weighted by molar-refractivity contribution is -0.125. The molecule has 6 heteroatoms. The van der Waals surface area contributed by atoms with Crippen LogP contribution in [0.2, 0.25) is 0 Å². The van der Waals surface area contributed by atoms with Crippen molar-refractivity contribution in [3.05, 3.63) is 65.0 Å². The highest BCUT2D eigenvalue weighted by Gasteiger charge is 2.26. The SMILES string of the molecule is O=C(NCCc1cccs1)C1CCN(c2nc3ccccc3n3cccc23)CC1. The van der Waals surface area contributed by atoms with Crippen molar-refractivity contribution in [2.75, 3.05) is 24.5 Å². The molecule has 148 valence electrons. The summed E-state index contributed by atoms with van der Waals surface area (Å²) in [5.41, 5.74) is 3.25. The molecule has 4 heterocycles. The third-order valence-corrected chi connectivity index (χ3v) is 6.70. The molecule has 4 aromatic rings. The van der Waals surface area contributed by atoms with Crippen LogP contribution in [0.3, 0.4) is 0 Å². The van der Waals surface area contributed by atoms with Gasteiger partial charge in [-0.3, -0.25) is 4.79 Å². The molecule has 0 spiro atoms. The summed E-state index contributed by atoms with van der Waals surface area (Å²) in [5, 5.41) is 5.20. The van der Waals surface area contributed by atoms with Gasteiger partial charge in [-0.15, -0.1) is 11.3 Å². The number of nitrogens with zero attached hydrogens (tertiary/aromatic N) is 3. The Balaban J connectivity index is 1.25. The predicted octanol–water partition coefficient (Wildman–Crippen LogP) is 4.12. The fourth-order valence-corrected chi connectivity index (χ4v) is 4.91. The van der Waals surface area contributed by atoms with Crippen LogP contribution in [0.5, 0.6) is 0 Å². The number of amides is 1. The van der Waals surface area contributed by atoms with E-state index < -0.39 is 0 Å². The van der Waals surface area contributed by atoms with Crippen LogP contribution in [-0.2, 0) is 11.2 Å². The molecule has 0 aliphatic carbocycles. The normalized spacial score (nSPS) is 15.2. The fourth-order valence-electron chi connectivity index (χ4n) is 4.20. The molecule has 29 heavy (non-hydrogen) atoms. The third kappa shape index (κ3) is 3.60. The first-order valence-electron chi connectivity index (χ1n) is 10.2. The second kappa shape index (κ2) is 7.87. The average Bonchev–Trinajstić information content (AvgIpc) is 3.45. The number of piperidine rings is 1. The summed E-state index contributed by atoms with van der Waals surface area (Å²) in [7, 11) is 0. The molecule has 5 rings (SSSR count). The van der Waals surface area contributed by atoms with Crippen molar-refractivity contribution in [3.8, 4) is 0 Å². The number of nitrogens with one attached hydrogen (secondary N) is 1. The van der Waals surface area contributed by atoms with Crippen molar-refractivity contribution >= 4 is 39.6 Å². The highest BCUT2D eigenvalue weighted by molar-refractivity contribution is 7.09. The maximum Gasteiger partial charge on any atom is 0.223 e. The van der Waals surface area contributed by atoms with E-state index in [1.807, 2.05) is 12.1 Å². The van der Waals surface area contributed by atoms with Gasteiger partial charge in [-0.1, -0.05) is 18.2 Å². The van der Waals surface area contributed by atoms with Gasteiger partial charge in [0.15, 0.2) is 5.82 Å². The lowest BCUT2D eigenvalue weighted by Crippen LogP contribution is -2.41. The second-order valence-electron chi connectivity index (χ2n) is 7.57. The van der Waals surface area contributed by atoms with E-state index in [0.717, 1.165) is 61.3 Å². The molecule has 0 saturated carbocycles. The van der Waals surface area contributed by atoms with Crippen molar-refractivity contribution in [1.82, 2.24) is 14.7 Å². The van der Waals surface area contributed by atoms with Crippen molar-refractivity contribution in [2.45, 2.75) is 19.3 Å². The zero-order valence-corrected chi connectivity index (χ0v) is 17.1. The van der Waals surface area contributed by atoms with E-state index in [1.165, 1.54) is 4.88 Å². The number of carbonyl (C=O) groups excluding carboxylic acids is 1. The van der Waals surface area contributed by atoms with Gasteiger partial charge in [-0.05, 0) is 55.0 Å². The first-order chi connectivity index (χ1) is 14.3. The molecule has 1 fully saturated rings. The van der Waals surface area contributed by atoms with E-state index in [1.54, 1.807) is 11.3 Å². The monoisotopic (exact) mass is 404 g/mol. The molecular weight excluding hydrogens is 380 g/mol. The number of carbonyl (C=O) groups is 1. The highest BCUT2D eigenvalue weighted by Crippen LogP contribution is 2.29. The van der Waals surface area contributed by atoms with Crippen LogP contribution < -0.4 is 10.2 Å². The molecule has 0 radical (unpaired) electrons. The third-order valence-electron chi connectivity index (χ3n) is 5.76. The van der Waals surface area contributed by atoms with E-state index in [0.29, 0.717) is 0 Å². The van der Waals surface area contributed by atoms with E-state index in [2.05, 4.69) is 62.6 Å². The summed E-state index contributed by atoms with van der Waals surface area (Å²) in [6.45, 7) is 2.43. The quantitative estimate of drug-likeness (QED) is 0.544. The number of hydrogen-bond acceptors (Lipinski definition) is 4. The molecule has 3 aromatic heterocycles. The summed E-state index contributed by atoms with van der Waals surface area (Å²) in [6.07, 6.45) is 4.74. The molecule has 5 nitrogen and oxygen atoms in total. The van der Waals surface area contributed by atoms with Crippen molar-refractivity contribution in [1.29, 1.82) is 0 Å². The molecule has 1 aliphatic heterocycles. The standard InChI is InChI=1S/C23H24N4OS/c28-23(24-12-9-18-5-4-16-29-18)17-10-14-26(15-11-17)22-21-8-3-13-27(21)20-7-2-1-6-19(20)25-22/h1-8,13,16-17H,9-12,14-15H2,(H,24,28). The Morgan fingerprint density at radius 3 is 2.72 bits per heavy atom. The molecule has 1 saturated heterocycles. The highest BCUT2D eigenvalue weighted by atomic mass is 32.1. The van der Waals surface area contributed by atoms with Crippen LogP contribution >= 0.6 is 11.3 Å². The Bertz CT molecular complexity index is 1130. The van der Waals surface area contributed by atoms with Gasteiger partial charge in [-0.2, -0.15) is 0 Å². The Morgan fingerprint density at radius 2 is 1.90 bits per heavy atom. The lowest BCUT2D eigenvalue weighted by Gasteiger charge is -2.32. The zero-order chi connectivity index (χ0) is 19.6. The molecule has 1 aliphatic rings. The van der Waals surface area contributed by atoms with Crippen LogP contribution in [-0.4, -0.2) is 34.9 Å². The number of anilines is 1. The van der Waals surface area contributed by atoms with Gasteiger partial charge in [-0.25, -0.2) is 4.98 Å². The van der Waals surface area contributed by atoms with Gasteiger partial charge < -0.3 is 14.6 Å². The molecule has 1 aromatic carbocycles. The van der Waals surface area contributed by atoms with Gasteiger partial charge >= 0.3 is 0 Å². The minimum absolute atomic E-state index is 0.0952. The number of thiophene rings is 1. The molecule has 0 unspecified atom stereocenters. The van der Waals surface area contributed by atoms with Crippen LogP contribution in [0, 0.1) is 5.92 Å². The number of rotatable bonds is 5. The smallest absolute Gasteiger partial charge is 0.223 e. The summed E-state index contributed by atoms with van der Waals surface area (Å²) < 4.78 is 2.21. The van der Waals surface area contributed by atoms with Crippen LogP contribution in [0.4, 0.5) is 5.82 Å². The van der Waals surface area contributed by atoms with Crippen molar-refractivity contribution in [2.24, 2.45) is 5.92 Å². The number of para-hydroxylation sites is 2.